The molecule has 0 spiro atoms. The summed E-state index contributed by atoms with van der Waals surface area (Å²) in [6.07, 6.45) is 1.54. The molecule has 0 bridgehead atoms. The molecule has 0 saturated carbocycles. The number of fused-ring (bicyclic) bond motifs is 3. The molecular formula is C9H8N6. The lowest BCUT2D eigenvalue weighted by Gasteiger charge is -2.04. The maximum atomic E-state index is 5.41. The molecular weight excluding hydrogens is 192 g/mol. The number of rotatable bonds is 1. The molecule has 0 atom stereocenters. The molecule has 3 aromatic rings. The SMILES string of the molecule is NNc1nn2cnnc2c2ccccc12. The number of nitrogen functional groups attached to an aromatic ring is 1. The van der Waals surface area contributed by atoms with E-state index in [1.807, 2.05) is 24.3 Å². The second kappa shape index (κ2) is 2.89. The van der Waals surface area contributed by atoms with Crippen molar-refractivity contribution in [2.45, 2.75) is 0 Å². The summed E-state index contributed by atoms with van der Waals surface area (Å²) in [5.74, 6) is 6.02. The smallest absolute Gasteiger partial charge is 0.185 e. The zero-order chi connectivity index (χ0) is 10.3. The third-order valence-corrected chi connectivity index (χ3v) is 2.30. The standard InChI is InChI=1S/C9H8N6/c10-12-8-6-3-1-2-4-7(6)9-13-11-5-15(9)14-8/h1-5H,10H2,(H,12,14). The quantitative estimate of drug-likeness (QED) is 0.443. The molecule has 0 radical (unpaired) electrons. The van der Waals surface area contributed by atoms with Crippen LogP contribution in [0.5, 0.6) is 0 Å². The summed E-state index contributed by atoms with van der Waals surface area (Å²) in [7, 11) is 0. The van der Waals surface area contributed by atoms with Crippen LogP contribution in [0.15, 0.2) is 30.6 Å². The predicted molar refractivity (Wildman–Crippen MR) is 56.1 cm³/mol. The molecule has 3 N–H and O–H groups in total. The van der Waals surface area contributed by atoms with Crippen molar-refractivity contribution in [3.8, 4) is 0 Å². The summed E-state index contributed by atoms with van der Waals surface area (Å²) >= 11 is 0. The van der Waals surface area contributed by atoms with Gasteiger partial charge in [-0.15, -0.1) is 15.3 Å². The molecule has 6 nitrogen and oxygen atoms in total. The van der Waals surface area contributed by atoms with Crippen molar-refractivity contribution < 1.29 is 0 Å². The average Bonchev–Trinajstić information content (AvgIpc) is 2.76. The minimum Gasteiger partial charge on any atom is -0.307 e. The van der Waals surface area contributed by atoms with E-state index in [0.29, 0.717) is 5.82 Å². The number of anilines is 1. The van der Waals surface area contributed by atoms with Gasteiger partial charge in [0.25, 0.3) is 0 Å². The van der Waals surface area contributed by atoms with Gasteiger partial charge in [0.15, 0.2) is 11.5 Å². The Bertz CT molecular complexity index is 629. The number of nitrogens with two attached hydrogens (primary N) is 1. The Labute approximate surface area is 84.7 Å². The van der Waals surface area contributed by atoms with Gasteiger partial charge in [0, 0.05) is 10.8 Å². The molecule has 15 heavy (non-hydrogen) atoms. The molecule has 0 saturated heterocycles. The van der Waals surface area contributed by atoms with Crippen molar-refractivity contribution >= 4 is 22.2 Å². The Kier molecular flexibility index (Phi) is 1.57. The fourth-order valence-corrected chi connectivity index (χ4v) is 1.63. The van der Waals surface area contributed by atoms with Crippen LogP contribution in [0.4, 0.5) is 5.82 Å². The maximum absolute atomic E-state index is 5.41. The fourth-order valence-electron chi connectivity index (χ4n) is 1.63. The van der Waals surface area contributed by atoms with Gasteiger partial charge in [0.1, 0.15) is 6.33 Å². The van der Waals surface area contributed by atoms with E-state index in [1.54, 1.807) is 10.8 Å². The lowest BCUT2D eigenvalue weighted by molar-refractivity contribution is 0.934. The van der Waals surface area contributed by atoms with Gasteiger partial charge in [-0.05, 0) is 0 Å². The minimum atomic E-state index is 0.609. The molecule has 2 aromatic heterocycles. The predicted octanol–water partition coefficient (Wildman–Crippen LogP) is 0.563. The molecule has 0 unspecified atom stereocenters. The van der Waals surface area contributed by atoms with Gasteiger partial charge in [-0.25, -0.2) is 5.84 Å². The number of hydrazine groups is 1. The molecule has 0 aliphatic carbocycles. The van der Waals surface area contributed by atoms with Crippen LogP contribution in [0.1, 0.15) is 0 Å². The van der Waals surface area contributed by atoms with Crippen LogP contribution in [0.2, 0.25) is 0 Å². The Balaban J connectivity index is 2.58. The van der Waals surface area contributed by atoms with Gasteiger partial charge >= 0.3 is 0 Å². The van der Waals surface area contributed by atoms with E-state index in [9.17, 15) is 0 Å². The molecule has 0 amide bonds. The normalized spacial score (nSPS) is 11.0. The third-order valence-electron chi connectivity index (χ3n) is 2.30. The Morgan fingerprint density at radius 2 is 2.00 bits per heavy atom. The largest absolute Gasteiger partial charge is 0.307 e. The number of aromatic nitrogens is 4. The summed E-state index contributed by atoms with van der Waals surface area (Å²) in [6.45, 7) is 0. The molecule has 74 valence electrons. The molecule has 6 heteroatoms. The lowest BCUT2D eigenvalue weighted by atomic mass is 10.2. The monoisotopic (exact) mass is 200 g/mol. The van der Waals surface area contributed by atoms with E-state index in [2.05, 4.69) is 20.7 Å². The van der Waals surface area contributed by atoms with Crippen LogP contribution < -0.4 is 11.3 Å². The van der Waals surface area contributed by atoms with Gasteiger partial charge in [-0.3, -0.25) is 0 Å². The zero-order valence-corrected chi connectivity index (χ0v) is 7.75. The van der Waals surface area contributed by atoms with Crippen molar-refractivity contribution in [1.82, 2.24) is 19.8 Å². The van der Waals surface area contributed by atoms with Crippen LogP contribution in [-0.2, 0) is 0 Å². The first-order valence-corrected chi connectivity index (χ1v) is 4.45. The fraction of sp³-hybridized carbons (Fsp3) is 0. The molecule has 1 aromatic carbocycles. The Morgan fingerprint density at radius 3 is 2.80 bits per heavy atom. The Morgan fingerprint density at radius 1 is 1.20 bits per heavy atom. The second-order valence-electron chi connectivity index (χ2n) is 3.14. The highest BCUT2D eigenvalue weighted by Gasteiger charge is 2.07. The van der Waals surface area contributed by atoms with E-state index in [0.717, 1.165) is 16.4 Å². The first kappa shape index (κ1) is 8.13. The van der Waals surface area contributed by atoms with Crippen LogP contribution in [0.25, 0.3) is 16.4 Å². The summed E-state index contributed by atoms with van der Waals surface area (Å²) in [5, 5.41) is 14.0. The van der Waals surface area contributed by atoms with Crippen LogP contribution in [-0.4, -0.2) is 19.8 Å². The van der Waals surface area contributed by atoms with Crippen molar-refractivity contribution in [3.63, 3.8) is 0 Å². The number of nitrogens with zero attached hydrogens (tertiary/aromatic N) is 4. The highest BCUT2D eigenvalue weighted by atomic mass is 15.4. The van der Waals surface area contributed by atoms with Gasteiger partial charge in [0.2, 0.25) is 0 Å². The van der Waals surface area contributed by atoms with E-state index in [4.69, 9.17) is 5.84 Å². The molecule has 2 heterocycles. The maximum Gasteiger partial charge on any atom is 0.185 e. The summed E-state index contributed by atoms with van der Waals surface area (Å²) in [4.78, 5) is 0. The highest BCUT2D eigenvalue weighted by molar-refractivity contribution is 5.99. The van der Waals surface area contributed by atoms with Crippen molar-refractivity contribution in [2.24, 2.45) is 5.84 Å². The highest BCUT2D eigenvalue weighted by Crippen LogP contribution is 2.22. The Hall–Kier alpha value is -2.21. The summed E-state index contributed by atoms with van der Waals surface area (Å²) < 4.78 is 1.59. The van der Waals surface area contributed by atoms with E-state index >= 15 is 0 Å². The van der Waals surface area contributed by atoms with Crippen LogP contribution in [0, 0.1) is 0 Å². The lowest BCUT2D eigenvalue weighted by Crippen LogP contribution is -2.11. The van der Waals surface area contributed by atoms with Gasteiger partial charge in [-0.1, -0.05) is 24.3 Å². The van der Waals surface area contributed by atoms with E-state index < -0.39 is 0 Å². The molecule has 3 rings (SSSR count). The van der Waals surface area contributed by atoms with E-state index in [1.165, 1.54) is 0 Å². The molecule has 0 fully saturated rings. The third kappa shape index (κ3) is 1.05. The second-order valence-corrected chi connectivity index (χ2v) is 3.14. The van der Waals surface area contributed by atoms with E-state index in [-0.39, 0.29) is 0 Å². The van der Waals surface area contributed by atoms with Crippen molar-refractivity contribution in [3.05, 3.63) is 30.6 Å². The van der Waals surface area contributed by atoms with Gasteiger partial charge < -0.3 is 5.43 Å². The number of hydrogen-bond acceptors (Lipinski definition) is 5. The molecule has 0 aliphatic rings. The van der Waals surface area contributed by atoms with Gasteiger partial charge in [0.05, 0.1) is 0 Å². The topological polar surface area (TPSA) is 81.1 Å². The number of hydrogen-bond donors (Lipinski definition) is 2. The first-order valence-electron chi connectivity index (χ1n) is 4.45. The average molecular weight is 200 g/mol. The molecule has 0 aliphatic heterocycles. The van der Waals surface area contributed by atoms with Crippen LogP contribution in [0.3, 0.4) is 0 Å². The van der Waals surface area contributed by atoms with Crippen molar-refractivity contribution in [1.29, 1.82) is 0 Å². The first-order chi connectivity index (χ1) is 7.40. The van der Waals surface area contributed by atoms with Crippen LogP contribution >= 0.6 is 0 Å². The zero-order valence-electron chi connectivity index (χ0n) is 7.75. The summed E-state index contributed by atoms with van der Waals surface area (Å²) in [6, 6.07) is 7.77. The minimum absolute atomic E-state index is 0.609. The number of benzene rings is 1. The number of nitrogens with one attached hydrogen (secondary N) is 1. The summed E-state index contributed by atoms with van der Waals surface area (Å²) in [5.41, 5.74) is 3.29. The van der Waals surface area contributed by atoms with Gasteiger partial charge in [-0.2, -0.15) is 4.52 Å². The van der Waals surface area contributed by atoms with Crippen molar-refractivity contribution in [2.75, 3.05) is 5.43 Å².